The van der Waals surface area contributed by atoms with E-state index in [1.165, 1.54) is 12.1 Å². The first-order chi connectivity index (χ1) is 8.46. The van der Waals surface area contributed by atoms with Gasteiger partial charge in [-0.25, -0.2) is 4.39 Å². The maximum absolute atomic E-state index is 13.4. The van der Waals surface area contributed by atoms with Crippen molar-refractivity contribution in [3.05, 3.63) is 35.6 Å². The smallest absolute Gasteiger partial charge is 0.254 e. The van der Waals surface area contributed by atoms with E-state index in [4.69, 9.17) is 11.6 Å². The van der Waals surface area contributed by atoms with Crippen LogP contribution in [0.3, 0.4) is 0 Å². The first-order valence-electron chi connectivity index (χ1n) is 6.05. The van der Waals surface area contributed by atoms with Crippen molar-refractivity contribution >= 4 is 17.5 Å². The van der Waals surface area contributed by atoms with Crippen molar-refractivity contribution in [1.82, 2.24) is 5.32 Å². The molecule has 1 N–H and O–H groups in total. The highest BCUT2D eigenvalue weighted by Crippen LogP contribution is 2.21. The largest absolute Gasteiger partial charge is 0.351 e. The summed E-state index contributed by atoms with van der Waals surface area (Å²) in [7, 11) is 0. The number of rotatable bonds is 6. The summed E-state index contributed by atoms with van der Waals surface area (Å²) in [5.74, 6) is -0.245. The second-order valence-electron chi connectivity index (χ2n) is 5.12. The third-order valence-corrected chi connectivity index (χ3v) is 3.10. The minimum absolute atomic E-state index is 0.0319. The van der Waals surface area contributed by atoms with Crippen LogP contribution in [0.5, 0.6) is 0 Å². The number of hydrogen-bond donors (Lipinski definition) is 1. The Kier molecular flexibility index (Phi) is 5.60. The van der Waals surface area contributed by atoms with Crippen molar-refractivity contribution in [1.29, 1.82) is 0 Å². The lowest BCUT2D eigenvalue weighted by Gasteiger charge is -2.24. The zero-order chi connectivity index (χ0) is 13.6. The summed E-state index contributed by atoms with van der Waals surface area (Å²) in [5.41, 5.74) is 0.0566. The summed E-state index contributed by atoms with van der Waals surface area (Å²) in [6, 6.07) is 5.98. The van der Waals surface area contributed by atoms with E-state index in [1.807, 2.05) is 0 Å². The molecule has 0 atom stereocenters. The molecule has 2 nitrogen and oxygen atoms in total. The Morgan fingerprint density at radius 1 is 1.39 bits per heavy atom. The molecule has 0 spiro atoms. The molecule has 0 radical (unpaired) electrons. The van der Waals surface area contributed by atoms with Crippen LogP contribution >= 0.6 is 11.6 Å². The number of hydrogen-bond acceptors (Lipinski definition) is 1. The minimum atomic E-state index is -0.492. The van der Waals surface area contributed by atoms with Crippen LogP contribution in [0.4, 0.5) is 4.39 Å². The fourth-order valence-electron chi connectivity index (χ4n) is 1.69. The number of nitrogens with one attached hydrogen (secondary N) is 1. The molecular formula is C14H19ClFNO. The lowest BCUT2D eigenvalue weighted by molar-refractivity contribution is 0.0930. The van der Waals surface area contributed by atoms with E-state index in [9.17, 15) is 9.18 Å². The zero-order valence-corrected chi connectivity index (χ0v) is 11.6. The molecule has 18 heavy (non-hydrogen) atoms. The van der Waals surface area contributed by atoms with Gasteiger partial charge in [0.05, 0.1) is 5.56 Å². The average Bonchev–Trinajstić information content (AvgIpc) is 2.34. The normalized spacial score (nSPS) is 11.3. The summed E-state index contributed by atoms with van der Waals surface area (Å²) in [6.45, 7) is 4.62. The Morgan fingerprint density at radius 3 is 2.67 bits per heavy atom. The predicted molar refractivity (Wildman–Crippen MR) is 72.5 cm³/mol. The van der Waals surface area contributed by atoms with E-state index in [0.717, 1.165) is 12.8 Å². The number of carbonyl (C=O) groups excluding carboxylic acids is 1. The van der Waals surface area contributed by atoms with Crippen LogP contribution in [0, 0.1) is 11.2 Å². The van der Waals surface area contributed by atoms with Gasteiger partial charge in [0.1, 0.15) is 5.82 Å². The molecule has 0 aromatic heterocycles. The van der Waals surface area contributed by atoms with Gasteiger partial charge < -0.3 is 5.32 Å². The molecule has 0 fully saturated rings. The van der Waals surface area contributed by atoms with Crippen LogP contribution in [0.1, 0.15) is 37.0 Å². The van der Waals surface area contributed by atoms with Crippen LogP contribution in [0.25, 0.3) is 0 Å². The van der Waals surface area contributed by atoms with Gasteiger partial charge in [0.15, 0.2) is 0 Å². The van der Waals surface area contributed by atoms with Crippen molar-refractivity contribution in [3.63, 3.8) is 0 Å². The van der Waals surface area contributed by atoms with Crippen molar-refractivity contribution in [3.8, 4) is 0 Å². The van der Waals surface area contributed by atoms with Gasteiger partial charge in [-0.3, -0.25) is 4.79 Å². The van der Waals surface area contributed by atoms with Crippen molar-refractivity contribution in [2.24, 2.45) is 5.41 Å². The van der Waals surface area contributed by atoms with Crippen LogP contribution in [0.15, 0.2) is 24.3 Å². The molecule has 0 bridgehead atoms. The number of amides is 1. The maximum atomic E-state index is 13.4. The van der Waals surface area contributed by atoms with E-state index < -0.39 is 5.82 Å². The Balaban J connectivity index is 2.54. The highest BCUT2D eigenvalue weighted by molar-refractivity contribution is 6.17. The van der Waals surface area contributed by atoms with Gasteiger partial charge in [-0.1, -0.05) is 26.0 Å². The Morgan fingerprint density at radius 2 is 2.06 bits per heavy atom. The summed E-state index contributed by atoms with van der Waals surface area (Å²) in [6.07, 6.45) is 1.83. The monoisotopic (exact) mass is 271 g/mol. The summed E-state index contributed by atoms with van der Waals surface area (Å²) in [5, 5.41) is 2.77. The van der Waals surface area contributed by atoms with Crippen LogP contribution < -0.4 is 5.32 Å². The van der Waals surface area contributed by atoms with E-state index in [1.54, 1.807) is 12.1 Å². The lowest BCUT2D eigenvalue weighted by Crippen LogP contribution is -2.34. The van der Waals surface area contributed by atoms with E-state index in [-0.39, 0.29) is 16.9 Å². The Labute approximate surface area is 113 Å². The zero-order valence-electron chi connectivity index (χ0n) is 10.8. The topological polar surface area (TPSA) is 29.1 Å². The molecule has 0 heterocycles. The van der Waals surface area contributed by atoms with Gasteiger partial charge >= 0.3 is 0 Å². The molecule has 0 aliphatic heterocycles. The number of carbonyl (C=O) groups is 1. The quantitative estimate of drug-likeness (QED) is 0.787. The highest BCUT2D eigenvalue weighted by Gasteiger charge is 2.19. The first kappa shape index (κ1) is 15.0. The fourth-order valence-corrected chi connectivity index (χ4v) is 1.83. The fraction of sp³-hybridized carbons (Fsp3) is 0.500. The molecule has 0 aliphatic carbocycles. The van der Waals surface area contributed by atoms with Gasteiger partial charge in [0.25, 0.3) is 5.91 Å². The lowest BCUT2D eigenvalue weighted by atomic mass is 9.88. The van der Waals surface area contributed by atoms with Crippen molar-refractivity contribution < 1.29 is 9.18 Å². The molecular weight excluding hydrogens is 253 g/mol. The second kappa shape index (κ2) is 6.74. The van der Waals surface area contributed by atoms with Gasteiger partial charge in [0.2, 0.25) is 0 Å². The molecule has 1 aromatic rings. The second-order valence-corrected chi connectivity index (χ2v) is 5.50. The predicted octanol–water partition coefficient (Wildman–Crippen LogP) is 3.60. The third-order valence-electron chi connectivity index (χ3n) is 2.83. The molecule has 1 amide bonds. The highest BCUT2D eigenvalue weighted by atomic mass is 35.5. The molecule has 1 rings (SSSR count). The first-order valence-corrected chi connectivity index (χ1v) is 6.58. The summed E-state index contributed by atoms with van der Waals surface area (Å²) in [4.78, 5) is 11.8. The van der Waals surface area contributed by atoms with Gasteiger partial charge in [-0.15, -0.1) is 11.6 Å². The Hall–Kier alpha value is -1.09. The van der Waals surface area contributed by atoms with E-state index in [0.29, 0.717) is 12.4 Å². The number of benzene rings is 1. The van der Waals surface area contributed by atoms with E-state index in [2.05, 4.69) is 19.2 Å². The molecule has 0 saturated carbocycles. The van der Waals surface area contributed by atoms with Gasteiger partial charge in [-0.05, 0) is 30.4 Å². The average molecular weight is 272 g/mol. The molecule has 4 heteroatoms. The van der Waals surface area contributed by atoms with Crippen molar-refractivity contribution in [2.75, 3.05) is 12.4 Å². The third kappa shape index (κ3) is 4.65. The minimum Gasteiger partial charge on any atom is -0.351 e. The van der Waals surface area contributed by atoms with E-state index >= 15 is 0 Å². The Bertz CT molecular complexity index is 407. The van der Waals surface area contributed by atoms with Crippen LogP contribution in [-0.4, -0.2) is 18.3 Å². The molecule has 0 saturated heterocycles. The molecule has 0 unspecified atom stereocenters. The maximum Gasteiger partial charge on any atom is 0.254 e. The van der Waals surface area contributed by atoms with Gasteiger partial charge in [0, 0.05) is 12.4 Å². The SMILES string of the molecule is CC(C)(CCCCl)CNC(=O)c1ccccc1F. The summed E-state index contributed by atoms with van der Waals surface area (Å²) < 4.78 is 13.4. The summed E-state index contributed by atoms with van der Waals surface area (Å²) >= 11 is 5.65. The molecule has 1 aromatic carbocycles. The van der Waals surface area contributed by atoms with Gasteiger partial charge in [-0.2, -0.15) is 0 Å². The number of alkyl halides is 1. The van der Waals surface area contributed by atoms with Crippen LogP contribution in [-0.2, 0) is 0 Å². The molecule has 100 valence electrons. The van der Waals surface area contributed by atoms with Crippen molar-refractivity contribution in [2.45, 2.75) is 26.7 Å². The van der Waals surface area contributed by atoms with Crippen LogP contribution in [0.2, 0.25) is 0 Å². The molecule has 0 aliphatic rings. The standard InChI is InChI=1S/C14H19ClFNO/c1-14(2,8-5-9-15)10-17-13(18)11-6-3-4-7-12(11)16/h3-4,6-7H,5,8-10H2,1-2H3,(H,17,18). The number of halogens is 2.